The maximum Gasteiger partial charge on any atom is 0.248 e. The molecule has 0 bridgehead atoms. The van der Waals surface area contributed by atoms with Crippen molar-refractivity contribution in [3.05, 3.63) is 65.5 Å². The molecule has 2 aromatic rings. The standard InChI is InChI=1S/C16H12FN3O/c17-13-5-6-15(12(9-13)10-18)20-16(21)7-4-11-2-1-3-14(19)8-11/h1-9H,19H2,(H,20,21)/b7-4+. The number of hydrogen-bond acceptors (Lipinski definition) is 3. The zero-order valence-electron chi connectivity index (χ0n) is 11.0. The highest BCUT2D eigenvalue weighted by atomic mass is 19.1. The minimum absolute atomic E-state index is 0.0701. The molecule has 0 aliphatic heterocycles. The Morgan fingerprint density at radius 3 is 2.81 bits per heavy atom. The van der Waals surface area contributed by atoms with Crippen LogP contribution in [-0.2, 0) is 4.79 Å². The van der Waals surface area contributed by atoms with Crippen molar-refractivity contribution in [1.82, 2.24) is 0 Å². The largest absolute Gasteiger partial charge is 0.399 e. The number of rotatable bonds is 3. The molecule has 104 valence electrons. The molecule has 0 saturated heterocycles. The number of nitrogen functional groups attached to an aromatic ring is 1. The Morgan fingerprint density at radius 2 is 2.10 bits per heavy atom. The summed E-state index contributed by atoms with van der Waals surface area (Å²) in [4.78, 5) is 11.8. The first-order valence-corrected chi connectivity index (χ1v) is 6.13. The van der Waals surface area contributed by atoms with Gasteiger partial charge in [-0.3, -0.25) is 4.79 Å². The summed E-state index contributed by atoms with van der Waals surface area (Å²) in [6.45, 7) is 0. The first kappa shape index (κ1) is 14.3. The van der Waals surface area contributed by atoms with Gasteiger partial charge < -0.3 is 11.1 Å². The van der Waals surface area contributed by atoms with Crippen LogP contribution in [0.4, 0.5) is 15.8 Å². The Bertz CT molecular complexity index is 747. The summed E-state index contributed by atoms with van der Waals surface area (Å²) in [7, 11) is 0. The fourth-order valence-corrected chi connectivity index (χ4v) is 1.73. The lowest BCUT2D eigenvalue weighted by Crippen LogP contribution is -2.09. The lowest BCUT2D eigenvalue weighted by atomic mass is 10.1. The lowest BCUT2D eigenvalue weighted by Gasteiger charge is -2.04. The molecule has 0 spiro atoms. The Morgan fingerprint density at radius 1 is 1.29 bits per heavy atom. The normalized spacial score (nSPS) is 10.3. The van der Waals surface area contributed by atoms with Crippen molar-refractivity contribution in [1.29, 1.82) is 5.26 Å². The summed E-state index contributed by atoms with van der Waals surface area (Å²) in [6.07, 6.45) is 2.92. The van der Waals surface area contributed by atoms with Crippen LogP contribution < -0.4 is 11.1 Å². The van der Waals surface area contributed by atoms with E-state index in [9.17, 15) is 9.18 Å². The van der Waals surface area contributed by atoms with Gasteiger partial charge in [0, 0.05) is 11.8 Å². The molecule has 0 fully saturated rings. The van der Waals surface area contributed by atoms with Crippen LogP contribution in [0.5, 0.6) is 0 Å². The molecule has 0 atom stereocenters. The highest BCUT2D eigenvalue weighted by molar-refractivity contribution is 6.02. The number of benzene rings is 2. The molecular formula is C16H12FN3O. The third-order valence-corrected chi connectivity index (χ3v) is 2.70. The average Bonchev–Trinajstić information content (AvgIpc) is 2.47. The Balaban J connectivity index is 2.11. The van der Waals surface area contributed by atoms with E-state index in [1.807, 2.05) is 6.07 Å². The van der Waals surface area contributed by atoms with Crippen molar-refractivity contribution in [2.75, 3.05) is 11.1 Å². The van der Waals surface area contributed by atoms with Crippen LogP contribution in [0.25, 0.3) is 6.08 Å². The molecule has 5 heteroatoms. The van der Waals surface area contributed by atoms with Gasteiger partial charge in [-0.1, -0.05) is 12.1 Å². The van der Waals surface area contributed by atoms with Gasteiger partial charge in [-0.25, -0.2) is 4.39 Å². The molecule has 0 radical (unpaired) electrons. The monoisotopic (exact) mass is 281 g/mol. The second-order valence-corrected chi connectivity index (χ2v) is 4.29. The van der Waals surface area contributed by atoms with Crippen LogP contribution in [0.15, 0.2) is 48.5 Å². The molecule has 0 aliphatic rings. The van der Waals surface area contributed by atoms with E-state index in [4.69, 9.17) is 11.0 Å². The van der Waals surface area contributed by atoms with Gasteiger partial charge in [0.1, 0.15) is 11.9 Å². The molecule has 2 aromatic carbocycles. The first-order valence-electron chi connectivity index (χ1n) is 6.13. The Hall–Kier alpha value is -3.13. The third kappa shape index (κ3) is 3.91. The molecule has 3 N–H and O–H groups in total. The van der Waals surface area contributed by atoms with E-state index in [1.54, 1.807) is 30.3 Å². The number of carbonyl (C=O) groups is 1. The summed E-state index contributed by atoms with van der Waals surface area (Å²) in [5.74, 6) is -0.944. The maximum atomic E-state index is 13.0. The van der Waals surface area contributed by atoms with Crippen molar-refractivity contribution in [3.63, 3.8) is 0 Å². The fourth-order valence-electron chi connectivity index (χ4n) is 1.73. The van der Waals surface area contributed by atoms with Gasteiger partial charge in [-0.05, 0) is 42.0 Å². The maximum absolute atomic E-state index is 13.0. The molecule has 2 rings (SSSR count). The van der Waals surface area contributed by atoms with E-state index < -0.39 is 11.7 Å². The fraction of sp³-hybridized carbons (Fsp3) is 0. The molecule has 0 heterocycles. The van der Waals surface area contributed by atoms with Crippen molar-refractivity contribution >= 4 is 23.4 Å². The van der Waals surface area contributed by atoms with Crippen LogP contribution in [0.2, 0.25) is 0 Å². The predicted octanol–water partition coefficient (Wildman–Crippen LogP) is 2.93. The molecule has 0 aliphatic carbocycles. The van der Waals surface area contributed by atoms with Gasteiger partial charge >= 0.3 is 0 Å². The number of hydrogen-bond donors (Lipinski definition) is 2. The van der Waals surface area contributed by atoms with Crippen molar-refractivity contribution < 1.29 is 9.18 Å². The number of anilines is 2. The minimum atomic E-state index is -0.528. The number of nitrogens with zero attached hydrogens (tertiary/aromatic N) is 1. The van der Waals surface area contributed by atoms with Crippen LogP contribution in [0.3, 0.4) is 0 Å². The number of nitriles is 1. The van der Waals surface area contributed by atoms with E-state index >= 15 is 0 Å². The van der Waals surface area contributed by atoms with E-state index in [2.05, 4.69) is 5.32 Å². The molecule has 0 aromatic heterocycles. The summed E-state index contributed by atoms with van der Waals surface area (Å²) < 4.78 is 13.0. The van der Waals surface area contributed by atoms with Gasteiger partial charge in [0.05, 0.1) is 11.3 Å². The summed E-state index contributed by atoms with van der Waals surface area (Å²) >= 11 is 0. The number of halogens is 1. The van der Waals surface area contributed by atoms with Gasteiger partial charge in [0.15, 0.2) is 0 Å². The first-order chi connectivity index (χ1) is 10.1. The smallest absolute Gasteiger partial charge is 0.248 e. The lowest BCUT2D eigenvalue weighted by molar-refractivity contribution is -0.111. The zero-order valence-corrected chi connectivity index (χ0v) is 11.0. The highest BCUT2D eigenvalue weighted by Gasteiger charge is 2.05. The van der Waals surface area contributed by atoms with Crippen molar-refractivity contribution in [2.45, 2.75) is 0 Å². The van der Waals surface area contributed by atoms with Crippen LogP contribution in [0, 0.1) is 17.1 Å². The van der Waals surface area contributed by atoms with Crippen LogP contribution in [0.1, 0.15) is 11.1 Å². The van der Waals surface area contributed by atoms with Gasteiger partial charge in [-0.2, -0.15) is 5.26 Å². The molecule has 0 saturated carbocycles. The van der Waals surface area contributed by atoms with E-state index in [0.717, 1.165) is 11.6 Å². The predicted molar refractivity (Wildman–Crippen MR) is 79.6 cm³/mol. The van der Waals surface area contributed by atoms with Crippen LogP contribution in [-0.4, -0.2) is 5.91 Å². The SMILES string of the molecule is N#Cc1cc(F)ccc1NC(=O)/C=C/c1cccc(N)c1. The van der Waals surface area contributed by atoms with E-state index in [1.165, 1.54) is 18.2 Å². The van der Waals surface area contributed by atoms with E-state index in [0.29, 0.717) is 5.69 Å². The highest BCUT2D eigenvalue weighted by Crippen LogP contribution is 2.16. The molecular weight excluding hydrogens is 269 g/mol. The average molecular weight is 281 g/mol. The van der Waals surface area contributed by atoms with Gasteiger partial charge in [-0.15, -0.1) is 0 Å². The number of nitrogens with one attached hydrogen (secondary N) is 1. The summed E-state index contributed by atoms with van der Waals surface area (Å²) in [6, 6.07) is 12.5. The topological polar surface area (TPSA) is 78.9 Å². The van der Waals surface area contributed by atoms with Gasteiger partial charge in [0.2, 0.25) is 5.91 Å². The van der Waals surface area contributed by atoms with Crippen molar-refractivity contribution in [3.8, 4) is 6.07 Å². The number of amides is 1. The minimum Gasteiger partial charge on any atom is -0.399 e. The molecule has 21 heavy (non-hydrogen) atoms. The summed E-state index contributed by atoms with van der Waals surface area (Å²) in [5.41, 5.74) is 7.35. The third-order valence-electron chi connectivity index (χ3n) is 2.70. The number of nitrogens with two attached hydrogens (primary N) is 1. The molecule has 0 unspecified atom stereocenters. The Labute approximate surface area is 121 Å². The number of carbonyl (C=O) groups excluding carboxylic acids is 1. The van der Waals surface area contributed by atoms with Gasteiger partial charge in [0.25, 0.3) is 0 Å². The molecule has 4 nitrogen and oxygen atoms in total. The Kier molecular flexibility index (Phi) is 4.32. The zero-order chi connectivity index (χ0) is 15.2. The second-order valence-electron chi connectivity index (χ2n) is 4.29. The van der Waals surface area contributed by atoms with Crippen molar-refractivity contribution in [2.24, 2.45) is 0 Å². The molecule has 1 amide bonds. The second kappa shape index (κ2) is 6.35. The summed E-state index contributed by atoms with van der Waals surface area (Å²) in [5, 5.41) is 11.4. The van der Waals surface area contributed by atoms with Crippen LogP contribution >= 0.6 is 0 Å². The quantitative estimate of drug-likeness (QED) is 0.670. The van der Waals surface area contributed by atoms with E-state index in [-0.39, 0.29) is 11.3 Å².